The van der Waals surface area contributed by atoms with E-state index in [1.165, 1.54) is 7.11 Å². The van der Waals surface area contributed by atoms with Gasteiger partial charge in [-0.15, -0.1) is 0 Å². The van der Waals surface area contributed by atoms with E-state index in [2.05, 4.69) is 14.8 Å². The third-order valence-corrected chi connectivity index (χ3v) is 0.361. The lowest BCUT2D eigenvalue weighted by Gasteiger charge is -1.68. The van der Waals surface area contributed by atoms with Gasteiger partial charge in [0.25, 0.3) is 0 Å². The van der Waals surface area contributed by atoms with Crippen LogP contribution in [0.2, 0.25) is 0 Å². The zero-order valence-corrected chi connectivity index (χ0v) is 4.94. The first-order chi connectivity index (χ1) is 2.41. The molecule has 0 bridgehead atoms. The van der Waals surface area contributed by atoms with Gasteiger partial charge in [0.1, 0.15) is 6.11 Å². The van der Waals surface area contributed by atoms with Crippen molar-refractivity contribution in [2.75, 3.05) is 7.11 Å². The summed E-state index contributed by atoms with van der Waals surface area (Å²) in [6.45, 7) is 0. The molecule has 28 valence electrons. The van der Waals surface area contributed by atoms with E-state index in [0.29, 0.717) is 0 Å². The first-order valence-electron chi connectivity index (χ1n) is 1.05. The first-order valence-corrected chi connectivity index (χ1v) is 2.13. The molecule has 0 spiro atoms. The van der Waals surface area contributed by atoms with Crippen molar-refractivity contribution in [3.63, 3.8) is 0 Å². The average Bonchev–Trinajstić information content (AvgIpc) is 1.41. The van der Waals surface area contributed by atoms with Crippen molar-refractivity contribution in [3.05, 3.63) is 0 Å². The van der Waals surface area contributed by atoms with Gasteiger partial charge in [0.2, 0.25) is 0 Å². The Hall–Kier alpha value is 0.0900. The second-order valence-corrected chi connectivity index (χ2v) is 0.940. The van der Waals surface area contributed by atoms with Gasteiger partial charge in [0.05, 0.1) is 7.11 Å². The summed E-state index contributed by atoms with van der Waals surface area (Å²) in [5.74, 6) is 0. The molecule has 0 rings (SSSR count). The van der Waals surface area contributed by atoms with Gasteiger partial charge in [-0.3, -0.25) is 0 Å². The number of ether oxygens (including phenoxy) is 1. The maximum absolute atomic E-state index is 4.32. The van der Waals surface area contributed by atoms with Crippen LogP contribution in [-0.2, 0) is 4.74 Å². The van der Waals surface area contributed by atoms with Gasteiger partial charge in [-0.25, -0.2) is 0 Å². The Morgan fingerprint density at radius 3 is 2.40 bits per heavy atom. The maximum Gasteiger partial charge on any atom is 0.121 e. The average molecular weight is 182 g/mol. The highest BCUT2D eigenvalue weighted by molar-refractivity contribution is 14.1. The molecule has 5 heavy (non-hydrogen) atoms. The minimum Gasteiger partial charge on any atom is -0.449 e. The second-order valence-electron chi connectivity index (χ2n) is 0.401. The van der Waals surface area contributed by atoms with Crippen LogP contribution in [0.15, 0.2) is 0 Å². The summed E-state index contributed by atoms with van der Waals surface area (Å²) in [7, 11) is 1.53. The molecule has 0 aliphatic carbocycles. The largest absolute Gasteiger partial charge is 0.449 e. The molecule has 0 radical (unpaired) electrons. The third-order valence-electron chi connectivity index (χ3n) is 0.141. The quantitative estimate of drug-likeness (QED) is 0.400. The van der Waals surface area contributed by atoms with E-state index < -0.39 is 0 Å². The molecule has 2 heteroatoms. The van der Waals surface area contributed by atoms with Gasteiger partial charge >= 0.3 is 0 Å². The van der Waals surface area contributed by atoms with Crippen molar-refractivity contribution in [3.8, 4) is 10.0 Å². The fraction of sp³-hybridized carbons (Fsp3) is 0.333. The topological polar surface area (TPSA) is 9.23 Å². The molecule has 0 atom stereocenters. The summed E-state index contributed by atoms with van der Waals surface area (Å²) in [5, 5.41) is 0. The second kappa shape index (κ2) is 4.09. The van der Waals surface area contributed by atoms with E-state index in [0.717, 1.165) is 0 Å². The zero-order chi connectivity index (χ0) is 4.12. The number of hydrogen-bond acceptors (Lipinski definition) is 1. The molecular weight excluding hydrogens is 179 g/mol. The molecule has 0 amide bonds. The molecule has 0 aliphatic rings. The predicted molar refractivity (Wildman–Crippen MR) is 28.8 cm³/mol. The number of rotatable bonds is 0. The molecule has 0 saturated carbocycles. The van der Waals surface area contributed by atoms with Crippen molar-refractivity contribution in [1.29, 1.82) is 0 Å². The molecule has 0 N–H and O–H groups in total. The van der Waals surface area contributed by atoms with E-state index in [9.17, 15) is 0 Å². The monoisotopic (exact) mass is 182 g/mol. The lowest BCUT2D eigenvalue weighted by atomic mass is 11.3. The van der Waals surface area contributed by atoms with Crippen LogP contribution in [0.4, 0.5) is 0 Å². The number of halogens is 1. The molecule has 0 aromatic carbocycles. The van der Waals surface area contributed by atoms with Crippen molar-refractivity contribution < 1.29 is 4.74 Å². The Balaban J connectivity index is 2.81. The lowest BCUT2D eigenvalue weighted by Crippen LogP contribution is -1.57. The summed E-state index contributed by atoms with van der Waals surface area (Å²) in [4.78, 5) is 0. The summed E-state index contributed by atoms with van der Waals surface area (Å²) in [6.07, 6.45) is 2.35. The fourth-order valence-electron chi connectivity index (χ4n) is 0.0386. The van der Waals surface area contributed by atoms with Gasteiger partial charge < -0.3 is 4.74 Å². The predicted octanol–water partition coefficient (Wildman–Crippen LogP) is 0.986. The Bertz CT molecular complexity index is 59.0. The lowest BCUT2D eigenvalue weighted by molar-refractivity contribution is 0.373. The molecule has 0 unspecified atom stereocenters. The number of hydrogen-bond donors (Lipinski definition) is 0. The number of methoxy groups -OCH3 is 1. The molecule has 0 aromatic heterocycles. The van der Waals surface area contributed by atoms with E-state index in [1.54, 1.807) is 0 Å². The summed E-state index contributed by atoms with van der Waals surface area (Å²) < 4.78 is 6.84. The molecular formula is C3H3IO. The maximum atomic E-state index is 4.32. The van der Waals surface area contributed by atoms with Crippen LogP contribution in [0.25, 0.3) is 0 Å². The smallest absolute Gasteiger partial charge is 0.121 e. The van der Waals surface area contributed by atoms with E-state index >= 15 is 0 Å². The van der Waals surface area contributed by atoms with Crippen LogP contribution in [0.3, 0.4) is 0 Å². The molecule has 0 saturated heterocycles. The summed E-state index contributed by atoms with van der Waals surface area (Å²) in [6, 6.07) is 0. The summed E-state index contributed by atoms with van der Waals surface area (Å²) >= 11 is 1.90. The Labute approximate surface area is 44.8 Å². The van der Waals surface area contributed by atoms with Crippen LogP contribution in [0, 0.1) is 10.0 Å². The van der Waals surface area contributed by atoms with Crippen LogP contribution >= 0.6 is 22.6 Å². The minimum atomic E-state index is 1.53. The molecule has 1 nitrogen and oxygen atoms in total. The van der Waals surface area contributed by atoms with Crippen molar-refractivity contribution in [2.24, 2.45) is 0 Å². The van der Waals surface area contributed by atoms with Gasteiger partial charge in [0.15, 0.2) is 0 Å². The molecule has 0 heterocycles. The summed E-state index contributed by atoms with van der Waals surface area (Å²) in [5.41, 5.74) is 0. The van der Waals surface area contributed by atoms with Crippen molar-refractivity contribution >= 4 is 22.6 Å². The first kappa shape index (κ1) is 5.09. The SMILES string of the molecule is COC#CI. The van der Waals surface area contributed by atoms with Crippen LogP contribution < -0.4 is 0 Å². The van der Waals surface area contributed by atoms with Gasteiger partial charge in [-0.1, -0.05) is 0 Å². The highest BCUT2D eigenvalue weighted by Crippen LogP contribution is 1.67. The van der Waals surface area contributed by atoms with Crippen molar-refractivity contribution in [2.45, 2.75) is 0 Å². The highest BCUT2D eigenvalue weighted by Gasteiger charge is 1.45. The van der Waals surface area contributed by atoms with Crippen molar-refractivity contribution in [1.82, 2.24) is 0 Å². The standard InChI is InChI=1S/C3H3IO/c1-5-3-2-4/h1H3. The van der Waals surface area contributed by atoms with Gasteiger partial charge in [-0.05, 0) is 0 Å². The molecule has 0 aliphatic heterocycles. The van der Waals surface area contributed by atoms with E-state index in [1.807, 2.05) is 22.6 Å². The highest BCUT2D eigenvalue weighted by atomic mass is 127. The Kier molecular flexibility index (Phi) is 4.16. The third kappa shape index (κ3) is 4.09. The molecule has 0 fully saturated rings. The zero-order valence-electron chi connectivity index (χ0n) is 2.79. The minimum absolute atomic E-state index is 1.53. The van der Waals surface area contributed by atoms with Gasteiger partial charge in [-0.2, -0.15) is 0 Å². The Morgan fingerprint density at radius 1 is 1.80 bits per heavy atom. The Morgan fingerprint density at radius 2 is 2.40 bits per heavy atom. The van der Waals surface area contributed by atoms with Gasteiger partial charge in [0, 0.05) is 26.5 Å². The van der Waals surface area contributed by atoms with E-state index in [4.69, 9.17) is 0 Å². The molecule has 0 aromatic rings. The van der Waals surface area contributed by atoms with Crippen LogP contribution in [0.1, 0.15) is 0 Å². The van der Waals surface area contributed by atoms with E-state index in [-0.39, 0.29) is 0 Å². The fourth-order valence-corrected chi connectivity index (χ4v) is 0.259. The normalized spacial score (nSPS) is 4.40. The van der Waals surface area contributed by atoms with Crippen LogP contribution in [0.5, 0.6) is 0 Å². The van der Waals surface area contributed by atoms with Crippen LogP contribution in [-0.4, -0.2) is 7.11 Å².